The van der Waals surface area contributed by atoms with Crippen LogP contribution in [0.4, 0.5) is 0 Å². The summed E-state index contributed by atoms with van der Waals surface area (Å²) in [5.74, 6) is 0.202. The van der Waals surface area contributed by atoms with Crippen molar-refractivity contribution in [1.29, 1.82) is 0 Å². The van der Waals surface area contributed by atoms with Crippen LogP contribution in [0.25, 0.3) is 10.8 Å². The van der Waals surface area contributed by atoms with Gasteiger partial charge in [-0.15, -0.1) is 0 Å². The summed E-state index contributed by atoms with van der Waals surface area (Å²) in [6.45, 7) is 7.26. The Labute approximate surface area is 153 Å². The van der Waals surface area contributed by atoms with Crippen LogP contribution in [0.3, 0.4) is 0 Å². The summed E-state index contributed by atoms with van der Waals surface area (Å²) in [5, 5.41) is 1.59. The first-order chi connectivity index (χ1) is 12.4. The minimum absolute atomic E-state index is 0.220. The van der Waals surface area contributed by atoms with E-state index in [0.717, 1.165) is 21.9 Å². The molecule has 0 fully saturated rings. The molecule has 0 spiro atoms. The molecule has 0 N–H and O–H groups in total. The van der Waals surface area contributed by atoms with Crippen LogP contribution in [0, 0.1) is 11.8 Å². The normalized spacial score (nSPS) is 13.2. The molecule has 1 aliphatic carbocycles. The van der Waals surface area contributed by atoms with Gasteiger partial charge in [0.25, 0.3) is 0 Å². The maximum atomic E-state index is 12.3. The third kappa shape index (κ3) is 3.36. The number of benzene rings is 2. The highest BCUT2D eigenvalue weighted by molar-refractivity contribution is 5.99. The molecule has 0 saturated carbocycles. The summed E-state index contributed by atoms with van der Waals surface area (Å²) in [4.78, 5) is 24.5. The zero-order valence-corrected chi connectivity index (χ0v) is 15.7. The van der Waals surface area contributed by atoms with Gasteiger partial charge in [-0.1, -0.05) is 64.1 Å². The number of rotatable bonds is 4. The van der Waals surface area contributed by atoms with Crippen molar-refractivity contribution >= 4 is 22.7 Å². The molecule has 26 heavy (non-hydrogen) atoms. The summed E-state index contributed by atoms with van der Waals surface area (Å²) in [6.07, 6.45) is 5.40. The zero-order valence-electron chi connectivity index (χ0n) is 15.7. The van der Waals surface area contributed by atoms with Crippen LogP contribution < -0.4 is 9.47 Å². The molecule has 0 bridgehead atoms. The third-order valence-electron chi connectivity index (χ3n) is 4.49. The molecule has 4 heteroatoms. The topological polar surface area (TPSA) is 52.6 Å². The van der Waals surface area contributed by atoms with Crippen molar-refractivity contribution in [3.63, 3.8) is 0 Å². The molecule has 0 atom stereocenters. The second-order valence-electron chi connectivity index (χ2n) is 7.19. The predicted octanol–water partition coefficient (Wildman–Crippen LogP) is 4.62. The van der Waals surface area contributed by atoms with E-state index in [0.29, 0.717) is 24.3 Å². The lowest BCUT2D eigenvalue weighted by Gasteiger charge is -2.23. The summed E-state index contributed by atoms with van der Waals surface area (Å²) < 4.78 is 11.6. The van der Waals surface area contributed by atoms with Crippen molar-refractivity contribution < 1.29 is 19.1 Å². The van der Waals surface area contributed by atoms with E-state index in [1.54, 1.807) is 0 Å². The highest BCUT2D eigenvalue weighted by Crippen LogP contribution is 2.43. The quantitative estimate of drug-likeness (QED) is 0.458. The number of hydrogen-bond donors (Lipinski definition) is 0. The summed E-state index contributed by atoms with van der Waals surface area (Å²) in [7, 11) is 0. The molecule has 3 rings (SSSR count). The lowest BCUT2D eigenvalue weighted by molar-refractivity contribution is -0.138. The first kappa shape index (κ1) is 18.2. The van der Waals surface area contributed by atoms with Crippen LogP contribution >= 0.6 is 0 Å². The number of carbonyl (C=O) groups is 2. The third-order valence-corrected chi connectivity index (χ3v) is 4.49. The van der Waals surface area contributed by atoms with Gasteiger partial charge in [0.2, 0.25) is 0 Å². The van der Waals surface area contributed by atoms with Gasteiger partial charge in [0.1, 0.15) is 11.5 Å². The first-order valence-electron chi connectivity index (χ1n) is 9.05. The fourth-order valence-corrected chi connectivity index (χ4v) is 2.98. The average molecular weight is 352 g/mol. The smallest absolute Gasteiger partial charge is 0.313 e. The van der Waals surface area contributed by atoms with Crippen LogP contribution in [-0.4, -0.2) is 11.9 Å². The Morgan fingerprint density at radius 2 is 1.15 bits per heavy atom. The van der Waals surface area contributed by atoms with Crippen LogP contribution in [0.15, 0.2) is 36.4 Å². The van der Waals surface area contributed by atoms with Gasteiger partial charge in [-0.3, -0.25) is 9.59 Å². The number of hydrogen-bond acceptors (Lipinski definition) is 4. The Bertz CT molecular complexity index is 818. The molecule has 2 aromatic carbocycles. The van der Waals surface area contributed by atoms with Crippen molar-refractivity contribution in [2.45, 2.75) is 40.5 Å². The molecule has 0 radical (unpaired) electrons. The molecule has 2 aromatic rings. The number of ether oxygens (including phenoxy) is 2. The molecule has 4 nitrogen and oxygen atoms in total. The van der Waals surface area contributed by atoms with E-state index in [1.807, 2.05) is 52.0 Å². The Morgan fingerprint density at radius 1 is 0.769 bits per heavy atom. The maximum Gasteiger partial charge on any atom is 0.313 e. The maximum absolute atomic E-state index is 12.3. The monoisotopic (exact) mass is 352 g/mol. The zero-order chi connectivity index (χ0) is 18.8. The highest BCUT2D eigenvalue weighted by atomic mass is 16.5. The lowest BCUT2D eigenvalue weighted by Crippen LogP contribution is -2.19. The second kappa shape index (κ2) is 7.32. The minimum atomic E-state index is -0.265. The molecule has 0 heterocycles. The SMILES string of the molecule is CC(C)C(=O)Oc1c2c(c(OC(=O)C(C)C)c3ccccc13)CC=CC2. The van der Waals surface area contributed by atoms with Crippen LogP contribution in [0.1, 0.15) is 38.8 Å². The Balaban J connectivity index is 2.23. The van der Waals surface area contributed by atoms with E-state index in [9.17, 15) is 9.59 Å². The molecule has 1 aliphatic rings. The Morgan fingerprint density at radius 3 is 1.50 bits per heavy atom. The van der Waals surface area contributed by atoms with Crippen LogP contribution in [0.5, 0.6) is 11.5 Å². The van der Waals surface area contributed by atoms with Gasteiger partial charge < -0.3 is 9.47 Å². The fraction of sp³-hybridized carbons (Fsp3) is 0.364. The molecule has 0 aromatic heterocycles. The van der Waals surface area contributed by atoms with Gasteiger partial charge in [0.05, 0.1) is 11.8 Å². The number of allylic oxidation sites excluding steroid dienone is 2. The summed E-state index contributed by atoms with van der Waals surface area (Å²) >= 11 is 0. The van der Waals surface area contributed by atoms with Crippen molar-refractivity contribution in [1.82, 2.24) is 0 Å². The summed E-state index contributed by atoms with van der Waals surface area (Å²) in [5.41, 5.74) is 1.85. The van der Waals surface area contributed by atoms with Gasteiger partial charge in [-0.05, 0) is 12.8 Å². The average Bonchev–Trinajstić information content (AvgIpc) is 2.63. The first-order valence-corrected chi connectivity index (χ1v) is 9.05. The Hall–Kier alpha value is -2.62. The fourth-order valence-electron chi connectivity index (χ4n) is 2.98. The van der Waals surface area contributed by atoms with Gasteiger partial charge >= 0.3 is 11.9 Å². The van der Waals surface area contributed by atoms with E-state index in [1.165, 1.54) is 0 Å². The van der Waals surface area contributed by atoms with E-state index >= 15 is 0 Å². The lowest BCUT2D eigenvalue weighted by atomic mass is 9.90. The Kier molecular flexibility index (Phi) is 5.12. The highest BCUT2D eigenvalue weighted by Gasteiger charge is 2.25. The van der Waals surface area contributed by atoms with Crippen LogP contribution in [0.2, 0.25) is 0 Å². The largest absolute Gasteiger partial charge is 0.425 e. The van der Waals surface area contributed by atoms with Gasteiger partial charge in [0.15, 0.2) is 0 Å². The number of fused-ring (bicyclic) bond motifs is 2. The molecule has 136 valence electrons. The van der Waals surface area contributed by atoms with Gasteiger partial charge in [-0.25, -0.2) is 0 Å². The molecule has 0 unspecified atom stereocenters. The van der Waals surface area contributed by atoms with Crippen molar-refractivity contribution in [2.75, 3.05) is 0 Å². The van der Waals surface area contributed by atoms with E-state index < -0.39 is 0 Å². The van der Waals surface area contributed by atoms with Crippen molar-refractivity contribution in [2.24, 2.45) is 11.8 Å². The molecule has 0 aliphatic heterocycles. The molecule has 0 amide bonds. The van der Waals surface area contributed by atoms with Gasteiger partial charge in [-0.2, -0.15) is 0 Å². The van der Waals surface area contributed by atoms with Crippen molar-refractivity contribution in [3.8, 4) is 11.5 Å². The standard InChI is InChI=1S/C22H24O4/c1-13(2)21(23)25-19-15-9-5-7-11-17(15)20(26-22(24)14(3)4)18-12-8-6-10-16(18)19/h5-9,11,13-14H,10,12H2,1-4H3. The van der Waals surface area contributed by atoms with E-state index in [2.05, 4.69) is 12.2 Å². The predicted molar refractivity (Wildman–Crippen MR) is 101 cm³/mol. The van der Waals surface area contributed by atoms with E-state index in [4.69, 9.17) is 9.47 Å². The minimum Gasteiger partial charge on any atom is -0.425 e. The molecular weight excluding hydrogens is 328 g/mol. The number of esters is 2. The van der Waals surface area contributed by atoms with Crippen LogP contribution in [-0.2, 0) is 22.4 Å². The number of carbonyl (C=O) groups excluding carboxylic acids is 2. The summed E-state index contributed by atoms with van der Waals surface area (Å²) in [6, 6.07) is 7.61. The van der Waals surface area contributed by atoms with Crippen molar-refractivity contribution in [3.05, 3.63) is 47.5 Å². The molecular formula is C22H24O4. The second-order valence-corrected chi connectivity index (χ2v) is 7.19. The molecule has 0 saturated heterocycles. The van der Waals surface area contributed by atoms with E-state index in [-0.39, 0.29) is 23.8 Å². The van der Waals surface area contributed by atoms with Gasteiger partial charge in [0, 0.05) is 21.9 Å².